The Morgan fingerprint density at radius 1 is 1.38 bits per heavy atom. The van der Waals surface area contributed by atoms with Crippen LogP contribution in [-0.4, -0.2) is 28.4 Å². The molecule has 0 bridgehead atoms. The molecule has 0 aliphatic heterocycles. The third-order valence-electron chi connectivity index (χ3n) is 3.49. The van der Waals surface area contributed by atoms with Gasteiger partial charge in [0.05, 0.1) is 22.1 Å². The van der Waals surface area contributed by atoms with Crippen molar-refractivity contribution in [1.29, 1.82) is 0 Å². The summed E-state index contributed by atoms with van der Waals surface area (Å²) in [7, 11) is 0. The molecular weight excluding hydrogens is 362 g/mol. The van der Waals surface area contributed by atoms with E-state index in [2.05, 4.69) is 10.3 Å². The number of hydrogen-bond donors (Lipinski definition) is 1. The maximum Gasteiger partial charge on any atom is 0.341 e. The fourth-order valence-electron chi connectivity index (χ4n) is 2.40. The SMILES string of the molecule is CCOC(=O)c1cnc(C)c(-c2ccc(NC(C)=O)c([N+](=O)[O-])c2)c1Cl. The van der Waals surface area contributed by atoms with Crippen LogP contribution in [-0.2, 0) is 9.53 Å². The van der Waals surface area contributed by atoms with Crippen molar-refractivity contribution in [2.24, 2.45) is 0 Å². The normalized spacial score (nSPS) is 10.3. The Hall–Kier alpha value is -3.00. The number of carbonyl (C=O) groups excluding carboxylic acids is 2. The van der Waals surface area contributed by atoms with Crippen LogP contribution in [0.25, 0.3) is 11.1 Å². The molecule has 0 spiro atoms. The maximum atomic E-state index is 12.0. The van der Waals surface area contributed by atoms with Crippen LogP contribution in [0.5, 0.6) is 0 Å². The van der Waals surface area contributed by atoms with Crippen molar-refractivity contribution in [3.05, 3.63) is 50.8 Å². The number of carbonyl (C=O) groups is 2. The first-order valence-corrected chi connectivity index (χ1v) is 8.02. The molecule has 8 nitrogen and oxygen atoms in total. The molecule has 2 aromatic rings. The van der Waals surface area contributed by atoms with Crippen molar-refractivity contribution in [2.75, 3.05) is 11.9 Å². The van der Waals surface area contributed by atoms with Gasteiger partial charge in [0, 0.05) is 30.4 Å². The summed E-state index contributed by atoms with van der Waals surface area (Å²) in [6.45, 7) is 4.77. The van der Waals surface area contributed by atoms with Gasteiger partial charge in [0.2, 0.25) is 5.91 Å². The molecule has 0 radical (unpaired) electrons. The first-order valence-electron chi connectivity index (χ1n) is 7.64. The first kappa shape index (κ1) is 19.3. The number of halogens is 1. The van der Waals surface area contributed by atoms with Gasteiger partial charge in [0.1, 0.15) is 5.69 Å². The maximum absolute atomic E-state index is 12.0. The van der Waals surface area contributed by atoms with Gasteiger partial charge < -0.3 is 10.1 Å². The van der Waals surface area contributed by atoms with E-state index in [-0.39, 0.29) is 28.6 Å². The summed E-state index contributed by atoms with van der Waals surface area (Å²) < 4.78 is 4.95. The van der Waals surface area contributed by atoms with Gasteiger partial charge in [-0.25, -0.2) is 4.79 Å². The number of aryl methyl sites for hydroxylation is 1. The minimum absolute atomic E-state index is 0.0644. The lowest BCUT2D eigenvalue weighted by Crippen LogP contribution is -2.09. The van der Waals surface area contributed by atoms with E-state index in [1.807, 2.05) is 0 Å². The zero-order valence-corrected chi connectivity index (χ0v) is 15.1. The van der Waals surface area contributed by atoms with Crippen LogP contribution >= 0.6 is 11.6 Å². The number of nitro benzene ring substituents is 1. The van der Waals surface area contributed by atoms with E-state index in [1.165, 1.54) is 25.3 Å². The van der Waals surface area contributed by atoms with Gasteiger partial charge in [-0.1, -0.05) is 17.7 Å². The number of hydrogen-bond acceptors (Lipinski definition) is 6. The predicted octanol–water partition coefficient (Wildman–Crippen LogP) is 3.75. The van der Waals surface area contributed by atoms with Crippen molar-refractivity contribution in [1.82, 2.24) is 4.98 Å². The van der Waals surface area contributed by atoms with Gasteiger partial charge in [0.25, 0.3) is 5.69 Å². The topological polar surface area (TPSA) is 111 Å². The van der Waals surface area contributed by atoms with Gasteiger partial charge in [-0.05, 0) is 25.5 Å². The predicted molar refractivity (Wildman–Crippen MR) is 96.3 cm³/mol. The number of ether oxygens (including phenoxy) is 1. The number of nitro groups is 1. The lowest BCUT2D eigenvalue weighted by Gasteiger charge is -2.12. The molecule has 0 saturated heterocycles. The van der Waals surface area contributed by atoms with Crippen molar-refractivity contribution < 1.29 is 19.2 Å². The molecule has 0 aliphatic carbocycles. The molecule has 136 valence electrons. The zero-order chi connectivity index (χ0) is 19.4. The van der Waals surface area contributed by atoms with Crippen LogP contribution in [0.4, 0.5) is 11.4 Å². The fourth-order valence-corrected chi connectivity index (χ4v) is 2.77. The summed E-state index contributed by atoms with van der Waals surface area (Å²) in [6, 6.07) is 4.24. The second-order valence-corrected chi connectivity index (χ2v) is 5.71. The molecular formula is C17H16ClN3O5. The Morgan fingerprint density at radius 2 is 2.08 bits per heavy atom. The number of amides is 1. The third-order valence-corrected chi connectivity index (χ3v) is 3.89. The van der Waals surface area contributed by atoms with Crippen molar-refractivity contribution in [3.63, 3.8) is 0 Å². The molecule has 0 atom stereocenters. The molecule has 0 aliphatic rings. The fraction of sp³-hybridized carbons (Fsp3) is 0.235. The second kappa shape index (κ2) is 7.92. The van der Waals surface area contributed by atoms with Gasteiger partial charge in [-0.3, -0.25) is 19.9 Å². The standard InChI is InChI=1S/C17H16ClN3O5/c1-4-26-17(23)12-8-19-9(2)15(16(12)18)11-5-6-13(20-10(3)22)14(7-11)21(24)25/h5-8H,4H2,1-3H3,(H,20,22). The molecule has 1 N–H and O–H groups in total. The second-order valence-electron chi connectivity index (χ2n) is 5.34. The van der Waals surface area contributed by atoms with Crippen molar-refractivity contribution >= 4 is 34.9 Å². The summed E-state index contributed by atoms with van der Waals surface area (Å²) in [4.78, 5) is 38.1. The minimum Gasteiger partial charge on any atom is -0.462 e. The van der Waals surface area contributed by atoms with E-state index in [4.69, 9.17) is 16.3 Å². The van der Waals surface area contributed by atoms with Gasteiger partial charge in [-0.15, -0.1) is 0 Å². The molecule has 9 heteroatoms. The number of rotatable bonds is 5. The molecule has 0 saturated carbocycles. The van der Waals surface area contributed by atoms with E-state index < -0.39 is 16.8 Å². The molecule has 1 heterocycles. The van der Waals surface area contributed by atoms with Crippen molar-refractivity contribution in [2.45, 2.75) is 20.8 Å². The number of esters is 1. The van der Waals surface area contributed by atoms with E-state index in [1.54, 1.807) is 19.9 Å². The number of anilines is 1. The van der Waals surface area contributed by atoms with E-state index in [0.717, 1.165) is 0 Å². The monoisotopic (exact) mass is 377 g/mol. The largest absolute Gasteiger partial charge is 0.462 e. The molecule has 2 rings (SSSR count). The van der Waals surface area contributed by atoms with Crippen LogP contribution < -0.4 is 5.32 Å². The highest BCUT2D eigenvalue weighted by atomic mass is 35.5. The van der Waals surface area contributed by atoms with Gasteiger partial charge >= 0.3 is 5.97 Å². The molecule has 1 amide bonds. The van der Waals surface area contributed by atoms with Crippen LogP contribution in [0.1, 0.15) is 29.9 Å². The summed E-state index contributed by atoms with van der Waals surface area (Å²) in [5.74, 6) is -1.06. The number of benzene rings is 1. The van der Waals surface area contributed by atoms with Crippen LogP contribution in [0.2, 0.25) is 5.02 Å². The highest BCUT2D eigenvalue weighted by molar-refractivity contribution is 6.36. The zero-order valence-electron chi connectivity index (χ0n) is 14.3. The third kappa shape index (κ3) is 3.97. The number of nitrogens with zero attached hydrogens (tertiary/aromatic N) is 2. The molecule has 0 unspecified atom stereocenters. The minimum atomic E-state index is -0.629. The lowest BCUT2D eigenvalue weighted by molar-refractivity contribution is -0.383. The molecule has 1 aromatic carbocycles. The Kier molecular flexibility index (Phi) is 5.89. The number of nitrogens with one attached hydrogen (secondary N) is 1. The molecule has 0 fully saturated rings. The first-order chi connectivity index (χ1) is 12.3. The van der Waals surface area contributed by atoms with Gasteiger partial charge in [-0.2, -0.15) is 0 Å². The van der Waals surface area contributed by atoms with E-state index in [9.17, 15) is 19.7 Å². The number of aromatic nitrogens is 1. The van der Waals surface area contributed by atoms with Crippen LogP contribution in [0.15, 0.2) is 24.4 Å². The highest BCUT2D eigenvalue weighted by Gasteiger charge is 2.22. The van der Waals surface area contributed by atoms with Gasteiger partial charge in [0.15, 0.2) is 0 Å². The van der Waals surface area contributed by atoms with E-state index >= 15 is 0 Å². The Morgan fingerprint density at radius 3 is 2.65 bits per heavy atom. The Bertz CT molecular complexity index is 898. The summed E-state index contributed by atoms with van der Waals surface area (Å²) in [5, 5.41) is 13.8. The smallest absolute Gasteiger partial charge is 0.341 e. The van der Waals surface area contributed by atoms with Crippen molar-refractivity contribution in [3.8, 4) is 11.1 Å². The highest BCUT2D eigenvalue weighted by Crippen LogP contribution is 2.37. The summed E-state index contributed by atoms with van der Waals surface area (Å²) in [6.07, 6.45) is 1.30. The molecule has 1 aromatic heterocycles. The quantitative estimate of drug-likeness (QED) is 0.482. The average molecular weight is 378 g/mol. The average Bonchev–Trinajstić information content (AvgIpc) is 2.55. The Labute approximate surface area is 154 Å². The Balaban J connectivity index is 2.63. The van der Waals surface area contributed by atoms with Crippen LogP contribution in [0.3, 0.4) is 0 Å². The lowest BCUT2D eigenvalue weighted by atomic mass is 10.0. The molecule has 26 heavy (non-hydrogen) atoms. The van der Waals surface area contributed by atoms with Crippen LogP contribution in [0, 0.1) is 17.0 Å². The summed E-state index contributed by atoms with van der Waals surface area (Å²) in [5.41, 5.74) is 1.11. The van der Waals surface area contributed by atoms with E-state index in [0.29, 0.717) is 16.8 Å². The summed E-state index contributed by atoms with van der Waals surface area (Å²) >= 11 is 6.35. The number of pyridine rings is 1.